The van der Waals surface area contributed by atoms with E-state index in [1.54, 1.807) is 11.2 Å². The minimum absolute atomic E-state index is 0.159. The van der Waals surface area contributed by atoms with Gasteiger partial charge in [-0.15, -0.1) is 0 Å². The van der Waals surface area contributed by atoms with Crippen molar-refractivity contribution in [2.75, 3.05) is 45.1 Å². The first-order valence-corrected chi connectivity index (χ1v) is 10.8. The fraction of sp³-hybridized carbons (Fsp3) is 0.684. The van der Waals surface area contributed by atoms with Crippen LogP contribution in [0.15, 0.2) is 24.3 Å². The summed E-state index contributed by atoms with van der Waals surface area (Å²) in [5.41, 5.74) is 1.46. The molecule has 5 nitrogen and oxygen atoms in total. The second kappa shape index (κ2) is 8.52. The van der Waals surface area contributed by atoms with Gasteiger partial charge in [0.1, 0.15) is 5.75 Å². The van der Waals surface area contributed by atoms with E-state index in [0.717, 1.165) is 31.8 Å². The summed E-state index contributed by atoms with van der Waals surface area (Å²) in [6.07, 6.45) is 0.946. The third-order valence-corrected chi connectivity index (χ3v) is 6.58. The van der Waals surface area contributed by atoms with Gasteiger partial charge in [0.2, 0.25) is 10.0 Å². The average molecular weight is 369 g/mol. The van der Waals surface area contributed by atoms with Crippen LogP contribution in [0, 0.1) is 0 Å². The fourth-order valence-corrected chi connectivity index (χ4v) is 4.03. The van der Waals surface area contributed by atoms with Crippen molar-refractivity contribution in [3.8, 4) is 5.75 Å². The highest BCUT2D eigenvalue weighted by Gasteiger charge is 2.24. The standard InChI is InChI=1S/C19H32N2O3S/c1-5-25(22,23)21-14-12-20(13-15-21)11-6-16-24-18-9-7-17(8-10-18)19(2,3)4/h7-10H,5-6,11-16H2,1-4H3. The second-order valence-corrected chi connectivity index (χ2v) is 9.88. The van der Waals surface area contributed by atoms with Crippen molar-refractivity contribution in [2.45, 2.75) is 39.5 Å². The molecule has 1 saturated heterocycles. The third-order valence-electron chi connectivity index (χ3n) is 4.70. The predicted molar refractivity (Wildman–Crippen MR) is 103 cm³/mol. The van der Waals surface area contributed by atoms with Crippen LogP contribution in [0.1, 0.15) is 39.7 Å². The van der Waals surface area contributed by atoms with Crippen molar-refractivity contribution in [2.24, 2.45) is 0 Å². The Morgan fingerprint density at radius 3 is 2.16 bits per heavy atom. The zero-order chi connectivity index (χ0) is 18.5. The summed E-state index contributed by atoms with van der Waals surface area (Å²) in [7, 11) is -3.04. The van der Waals surface area contributed by atoms with Gasteiger partial charge in [0, 0.05) is 32.7 Å². The molecule has 1 heterocycles. The van der Waals surface area contributed by atoms with Crippen LogP contribution in [-0.4, -0.2) is 62.7 Å². The second-order valence-electron chi connectivity index (χ2n) is 7.62. The number of nitrogens with zero attached hydrogens (tertiary/aromatic N) is 2. The van der Waals surface area contributed by atoms with E-state index in [1.807, 2.05) is 12.1 Å². The van der Waals surface area contributed by atoms with Crippen molar-refractivity contribution < 1.29 is 13.2 Å². The van der Waals surface area contributed by atoms with Crippen LogP contribution in [-0.2, 0) is 15.4 Å². The van der Waals surface area contributed by atoms with Gasteiger partial charge >= 0.3 is 0 Å². The van der Waals surface area contributed by atoms with Crippen molar-refractivity contribution in [1.82, 2.24) is 9.21 Å². The zero-order valence-electron chi connectivity index (χ0n) is 16.0. The first kappa shape index (κ1) is 20.2. The lowest BCUT2D eigenvalue weighted by Gasteiger charge is -2.33. The van der Waals surface area contributed by atoms with E-state index < -0.39 is 10.0 Å². The number of hydrogen-bond acceptors (Lipinski definition) is 4. The molecule has 0 aliphatic carbocycles. The summed E-state index contributed by atoms with van der Waals surface area (Å²) in [6, 6.07) is 8.33. The Bertz CT molecular complexity index is 628. The summed E-state index contributed by atoms with van der Waals surface area (Å²) in [4.78, 5) is 2.31. The van der Waals surface area contributed by atoms with Crippen LogP contribution < -0.4 is 4.74 Å². The van der Waals surface area contributed by atoms with Gasteiger partial charge in [-0.1, -0.05) is 32.9 Å². The summed E-state index contributed by atoms with van der Waals surface area (Å²) in [5.74, 6) is 1.10. The Morgan fingerprint density at radius 2 is 1.64 bits per heavy atom. The van der Waals surface area contributed by atoms with Gasteiger partial charge in [0.15, 0.2) is 0 Å². The maximum Gasteiger partial charge on any atom is 0.213 e. The molecule has 0 unspecified atom stereocenters. The molecule has 142 valence electrons. The molecular formula is C19H32N2O3S. The Labute approximate surface area is 153 Å². The molecule has 0 amide bonds. The lowest BCUT2D eigenvalue weighted by molar-refractivity contribution is 0.175. The van der Waals surface area contributed by atoms with Crippen molar-refractivity contribution in [3.05, 3.63) is 29.8 Å². The molecule has 0 aromatic heterocycles. The molecule has 1 aliphatic heterocycles. The molecule has 6 heteroatoms. The van der Waals surface area contributed by atoms with Gasteiger partial charge in [-0.2, -0.15) is 4.31 Å². The van der Waals surface area contributed by atoms with Crippen LogP contribution >= 0.6 is 0 Å². The summed E-state index contributed by atoms with van der Waals surface area (Å²) < 4.78 is 31.1. The van der Waals surface area contributed by atoms with E-state index in [9.17, 15) is 8.42 Å². The molecule has 0 N–H and O–H groups in total. The van der Waals surface area contributed by atoms with Gasteiger partial charge in [-0.05, 0) is 36.5 Å². The van der Waals surface area contributed by atoms with Crippen LogP contribution in [0.2, 0.25) is 0 Å². The Hall–Kier alpha value is -1.11. The number of ether oxygens (including phenoxy) is 1. The highest BCUT2D eigenvalue weighted by Crippen LogP contribution is 2.24. The SMILES string of the molecule is CCS(=O)(=O)N1CCN(CCCOc2ccc(C(C)(C)C)cc2)CC1. The van der Waals surface area contributed by atoms with Crippen molar-refractivity contribution in [1.29, 1.82) is 0 Å². The molecule has 2 rings (SSSR count). The quantitative estimate of drug-likeness (QED) is 0.695. The smallest absolute Gasteiger partial charge is 0.213 e. The Morgan fingerprint density at radius 1 is 1.04 bits per heavy atom. The highest BCUT2D eigenvalue weighted by molar-refractivity contribution is 7.89. The first-order valence-electron chi connectivity index (χ1n) is 9.16. The van der Waals surface area contributed by atoms with E-state index >= 15 is 0 Å². The normalized spacial score (nSPS) is 17.6. The predicted octanol–water partition coefficient (Wildman–Crippen LogP) is 2.72. The van der Waals surface area contributed by atoms with Crippen molar-refractivity contribution in [3.63, 3.8) is 0 Å². The molecule has 0 spiro atoms. The number of benzene rings is 1. The molecule has 1 aromatic rings. The van der Waals surface area contributed by atoms with Crippen LogP contribution in [0.4, 0.5) is 0 Å². The van der Waals surface area contributed by atoms with Gasteiger partial charge in [-0.25, -0.2) is 8.42 Å². The molecule has 0 bridgehead atoms. The fourth-order valence-electron chi connectivity index (χ4n) is 2.94. The van der Waals surface area contributed by atoms with Crippen LogP contribution in [0.3, 0.4) is 0 Å². The molecule has 25 heavy (non-hydrogen) atoms. The summed E-state index contributed by atoms with van der Waals surface area (Å²) >= 11 is 0. The number of hydrogen-bond donors (Lipinski definition) is 0. The molecular weight excluding hydrogens is 336 g/mol. The topological polar surface area (TPSA) is 49.9 Å². The van der Waals surface area contributed by atoms with Crippen LogP contribution in [0.25, 0.3) is 0 Å². The van der Waals surface area contributed by atoms with Crippen molar-refractivity contribution >= 4 is 10.0 Å². The van der Waals surface area contributed by atoms with E-state index in [1.165, 1.54) is 5.56 Å². The molecule has 1 aliphatic rings. The largest absolute Gasteiger partial charge is 0.494 e. The Balaban J connectivity index is 1.67. The van der Waals surface area contributed by atoms with Crippen LogP contribution in [0.5, 0.6) is 5.75 Å². The highest BCUT2D eigenvalue weighted by atomic mass is 32.2. The molecule has 0 radical (unpaired) electrons. The van der Waals surface area contributed by atoms with E-state index in [-0.39, 0.29) is 11.2 Å². The number of piperazine rings is 1. The third kappa shape index (κ3) is 5.97. The Kier molecular flexibility index (Phi) is 6.88. The van der Waals surface area contributed by atoms with Gasteiger partial charge in [-0.3, -0.25) is 0 Å². The molecule has 1 fully saturated rings. The maximum atomic E-state index is 11.9. The molecule has 0 saturated carbocycles. The van der Waals surface area contributed by atoms with Gasteiger partial charge in [0.05, 0.1) is 12.4 Å². The average Bonchev–Trinajstić information content (AvgIpc) is 2.59. The van der Waals surface area contributed by atoms with E-state index in [0.29, 0.717) is 19.7 Å². The monoisotopic (exact) mass is 368 g/mol. The summed E-state index contributed by atoms with van der Waals surface area (Å²) in [6.45, 7) is 12.8. The minimum atomic E-state index is -3.04. The minimum Gasteiger partial charge on any atom is -0.494 e. The first-order chi connectivity index (χ1) is 11.7. The lowest BCUT2D eigenvalue weighted by atomic mass is 9.87. The summed E-state index contributed by atoms with van der Waals surface area (Å²) in [5, 5.41) is 0. The van der Waals surface area contributed by atoms with E-state index in [2.05, 4.69) is 37.8 Å². The lowest BCUT2D eigenvalue weighted by Crippen LogP contribution is -2.49. The van der Waals surface area contributed by atoms with E-state index in [4.69, 9.17) is 4.74 Å². The number of sulfonamides is 1. The van der Waals surface area contributed by atoms with Gasteiger partial charge < -0.3 is 9.64 Å². The molecule has 1 aromatic carbocycles. The number of rotatable bonds is 7. The maximum absolute atomic E-state index is 11.9. The molecule has 0 atom stereocenters. The zero-order valence-corrected chi connectivity index (χ0v) is 16.8. The van der Waals surface area contributed by atoms with Gasteiger partial charge in [0.25, 0.3) is 0 Å².